The molecule has 0 saturated carbocycles. The van der Waals surface area contributed by atoms with Crippen LogP contribution in [0.1, 0.15) is 0 Å². The van der Waals surface area contributed by atoms with Gasteiger partial charge in [0.05, 0.1) is 0 Å². The number of hydrogen-bond acceptors (Lipinski definition) is 5. The van der Waals surface area contributed by atoms with Gasteiger partial charge in [0.15, 0.2) is 0 Å². The molecule has 0 amide bonds. The van der Waals surface area contributed by atoms with E-state index in [0.29, 0.717) is 0 Å². The first kappa shape index (κ1) is 24.0. The molecule has 0 fully saturated rings. The second-order valence-electron chi connectivity index (χ2n) is 3.96. The van der Waals surface area contributed by atoms with E-state index in [1.165, 1.54) is 0 Å². The molecule has 0 aromatic heterocycles. The fourth-order valence-electron chi connectivity index (χ4n) is 0.838. The lowest BCUT2D eigenvalue weighted by atomic mass is 10.5. The molecule has 0 spiro atoms. The summed E-state index contributed by atoms with van der Waals surface area (Å²) in [6.07, 6.45) is -38.3. The van der Waals surface area contributed by atoms with E-state index >= 15 is 0 Å². The summed E-state index contributed by atoms with van der Waals surface area (Å²) in [5.74, 6) is 0. The Labute approximate surface area is 128 Å². The van der Waals surface area contributed by atoms with E-state index in [9.17, 15) is 52.7 Å². The van der Waals surface area contributed by atoms with Crippen LogP contribution in [0, 0.1) is 0 Å². The van der Waals surface area contributed by atoms with Crippen LogP contribution in [0.2, 0.25) is 0 Å². The Balaban J connectivity index is 5.49. The fourth-order valence-corrected chi connectivity index (χ4v) is 0.838. The van der Waals surface area contributed by atoms with Gasteiger partial charge >= 0.3 is 36.7 Å². The molecule has 152 valence electrons. The lowest BCUT2D eigenvalue weighted by molar-refractivity contribution is -0.558. The monoisotopic (exact) mass is 410 g/mol. The molecule has 2 N–H and O–H groups in total. The van der Waals surface area contributed by atoms with Gasteiger partial charge in [-0.2, -0.15) is 52.7 Å². The standard InChI is InChI=1S/C8H6F12O5/c9-3(10,1-21)23-5(13,14)7(17,18)25-8(19,20)6(15,16)24-4(11,12)2-22/h21-22H,1-2H2. The predicted molar refractivity (Wildman–Crippen MR) is 47.1 cm³/mol. The van der Waals surface area contributed by atoms with Crippen molar-refractivity contribution in [1.82, 2.24) is 0 Å². The highest BCUT2D eigenvalue weighted by Crippen LogP contribution is 2.48. The smallest absolute Gasteiger partial charge is 0.387 e. The van der Waals surface area contributed by atoms with Crippen LogP contribution in [0.5, 0.6) is 0 Å². The SMILES string of the molecule is OCC(F)(F)OC(F)(F)C(F)(F)OC(F)(F)C(F)(F)OC(F)(F)CO. The van der Waals surface area contributed by atoms with Crippen molar-refractivity contribution in [3.63, 3.8) is 0 Å². The summed E-state index contributed by atoms with van der Waals surface area (Å²) < 4.78 is 157. The van der Waals surface area contributed by atoms with Crippen molar-refractivity contribution in [3.8, 4) is 0 Å². The number of rotatable bonds is 10. The van der Waals surface area contributed by atoms with Gasteiger partial charge in [-0.25, -0.2) is 14.2 Å². The molecule has 0 aliphatic rings. The Kier molecular flexibility index (Phi) is 6.65. The van der Waals surface area contributed by atoms with Gasteiger partial charge in [-0.3, -0.25) is 0 Å². The van der Waals surface area contributed by atoms with Crippen LogP contribution >= 0.6 is 0 Å². The van der Waals surface area contributed by atoms with E-state index in [0.717, 1.165) is 0 Å². The number of aliphatic hydroxyl groups excluding tert-OH is 2. The van der Waals surface area contributed by atoms with Crippen LogP contribution in [0.15, 0.2) is 0 Å². The van der Waals surface area contributed by atoms with Gasteiger partial charge in [-0.05, 0) is 0 Å². The number of alkyl halides is 12. The van der Waals surface area contributed by atoms with Crippen molar-refractivity contribution in [3.05, 3.63) is 0 Å². The molecule has 0 aromatic carbocycles. The Morgan fingerprint density at radius 1 is 0.440 bits per heavy atom. The highest BCUT2D eigenvalue weighted by atomic mass is 19.4. The summed E-state index contributed by atoms with van der Waals surface area (Å²) in [5.41, 5.74) is 0. The summed E-state index contributed by atoms with van der Waals surface area (Å²) in [4.78, 5) is 0. The van der Waals surface area contributed by atoms with Crippen LogP contribution in [0.3, 0.4) is 0 Å². The zero-order valence-electron chi connectivity index (χ0n) is 11.1. The Morgan fingerprint density at radius 3 is 0.840 bits per heavy atom. The third-order valence-corrected chi connectivity index (χ3v) is 1.86. The molecule has 0 unspecified atom stereocenters. The van der Waals surface area contributed by atoms with Crippen molar-refractivity contribution >= 4 is 0 Å². The molecule has 0 heterocycles. The van der Waals surface area contributed by atoms with E-state index in [4.69, 9.17) is 10.2 Å². The second kappa shape index (κ2) is 6.93. The fraction of sp³-hybridized carbons (Fsp3) is 1.00. The maximum Gasteiger partial charge on any atom is 0.453 e. The summed E-state index contributed by atoms with van der Waals surface area (Å²) in [7, 11) is 0. The highest BCUT2D eigenvalue weighted by Gasteiger charge is 2.73. The molecule has 0 aliphatic carbocycles. The van der Waals surface area contributed by atoms with Gasteiger partial charge in [-0.15, -0.1) is 0 Å². The molecule has 0 atom stereocenters. The minimum atomic E-state index is -6.95. The lowest BCUT2D eigenvalue weighted by Crippen LogP contribution is -2.57. The average Bonchev–Trinajstić information content (AvgIpc) is 2.34. The van der Waals surface area contributed by atoms with Gasteiger partial charge in [0.1, 0.15) is 13.2 Å². The minimum Gasteiger partial charge on any atom is -0.387 e. The molecule has 0 aliphatic heterocycles. The maximum atomic E-state index is 12.8. The number of ether oxygens (including phenoxy) is 3. The van der Waals surface area contributed by atoms with Crippen molar-refractivity contribution in [1.29, 1.82) is 0 Å². The number of aliphatic hydroxyl groups is 2. The molecular weight excluding hydrogens is 404 g/mol. The Morgan fingerprint density at radius 2 is 0.640 bits per heavy atom. The van der Waals surface area contributed by atoms with E-state index in [2.05, 4.69) is 0 Å². The zero-order chi connectivity index (χ0) is 20.5. The quantitative estimate of drug-likeness (QED) is 0.542. The van der Waals surface area contributed by atoms with E-state index < -0.39 is 49.9 Å². The van der Waals surface area contributed by atoms with Crippen LogP contribution in [0.4, 0.5) is 52.7 Å². The molecule has 0 aromatic rings. The lowest BCUT2D eigenvalue weighted by Gasteiger charge is -2.33. The van der Waals surface area contributed by atoms with Crippen LogP contribution < -0.4 is 0 Å². The van der Waals surface area contributed by atoms with E-state index in [1.807, 2.05) is 9.47 Å². The van der Waals surface area contributed by atoms with Crippen molar-refractivity contribution in [2.75, 3.05) is 13.2 Å². The van der Waals surface area contributed by atoms with Crippen LogP contribution in [0.25, 0.3) is 0 Å². The molecule has 0 radical (unpaired) electrons. The molecule has 0 bridgehead atoms. The van der Waals surface area contributed by atoms with Crippen LogP contribution in [-0.4, -0.2) is 60.1 Å². The third kappa shape index (κ3) is 6.01. The van der Waals surface area contributed by atoms with Gasteiger partial charge in [-0.1, -0.05) is 0 Å². The highest BCUT2D eigenvalue weighted by molar-refractivity contribution is 4.76. The summed E-state index contributed by atoms with van der Waals surface area (Å²) in [6, 6.07) is 0. The first-order valence-corrected chi connectivity index (χ1v) is 5.33. The van der Waals surface area contributed by atoms with Gasteiger partial charge < -0.3 is 10.2 Å². The second-order valence-corrected chi connectivity index (χ2v) is 3.96. The van der Waals surface area contributed by atoms with Crippen molar-refractivity contribution in [2.45, 2.75) is 36.7 Å². The third-order valence-electron chi connectivity index (χ3n) is 1.86. The average molecular weight is 410 g/mol. The molecule has 17 heteroatoms. The molecule has 0 saturated heterocycles. The van der Waals surface area contributed by atoms with Gasteiger partial charge in [0.2, 0.25) is 0 Å². The molecular formula is C8H6F12O5. The minimum absolute atomic E-state index is 1.69. The predicted octanol–water partition coefficient (Wildman–Crippen LogP) is 2.58. The largest absolute Gasteiger partial charge is 0.453 e. The first-order chi connectivity index (χ1) is 10.7. The maximum absolute atomic E-state index is 12.8. The van der Waals surface area contributed by atoms with Crippen molar-refractivity contribution in [2.24, 2.45) is 0 Å². The van der Waals surface area contributed by atoms with Gasteiger partial charge in [0, 0.05) is 0 Å². The summed E-state index contributed by atoms with van der Waals surface area (Å²) in [5, 5.41) is 15.7. The van der Waals surface area contributed by atoms with Gasteiger partial charge in [0.25, 0.3) is 0 Å². The van der Waals surface area contributed by atoms with Crippen LogP contribution in [-0.2, 0) is 14.2 Å². The molecule has 0 rings (SSSR count). The normalized spacial score (nSPS) is 15.6. The first-order valence-electron chi connectivity index (χ1n) is 5.33. The molecule has 5 nitrogen and oxygen atoms in total. The Hall–Kier alpha value is -1.04. The topological polar surface area (TPSA) is 68.2 Å². The zero-order valence-corrected chi connectivity index (χ0v) is 11.1. The van der Waals surface area contributed by atoms with E-state index in [1.54, 1.807) is 4.74 Å². The van der Waals surface area contributed by atoms with E-state index in [-0.39, 0.29) is 0 Å². The summed E-state index contributed by atoms with van der Waals surface area (Å²) in [6.45, 7) is -5.31. The number of halogens is 12. The number of hydrogen-bond donors (Lipinski definition) is 2. The summed E-state index contributed by atoms with van der Waals surface area (Å²) >= 11 is 0. The van der Waals surface area contributed by atoms with Crippen molar-refractivity contribution < 1.29 is 77.1 Å². The molecule has 25 heavy (non-hydrogen) atoms. The Bertz CT molecular complexity index is 413.